The maximum absolute atomic E-state index is 5.16. The second-order valence-corrected chi connectivity index (χ2v) is 13.0. The Morgan fingerprint density at radius 1 is 0.547 bits per heavy atom. The molecule has 0 fully saturated rings. The van der Waals surface area contributed by atoms with Crippen molar-refractivity contribution < 1.29 is 0 Å². The third-order valence-electron chi connectivity index (χ3n) is 9.60. The minimum Gasteiger partial charge on any atom is -0.298 e. The summed E-state index contributed by atoms with van der Waals surface area (Å²) in [4.78, 5) is 15.2. The lowest BCUT2D eigenvalue weighted by molar-refractivity contribution is 1.22. The van der Waals surface area contributed by atoms with Gasteiger partial charge in [0.15, 0.2) is 0 Å². The molecule has 4 nitrogen and oxygen atoms in total. The van der Waals surface area contributed by atoms with Gasteiger partial charge in [0.2, 0.25) is 0 Å². The standard InChI is InChI=1S/C49H34N4/c1-34(39-18-12-19-40(31-39)36-16-6-3-7-17-36)30-45(50-33-35-14-4-2-5-15-35)42-21-13-20-41(32-42)37-25-27-38(28-26-37)47-49-48(43-22-8-9-23-44(43)51-47)52-46-24-10-11-29-53(46)49/h2-33H,1H2/b45-30-,50-33?. The monoisotopic (exact) mass is 678 g/mol. The Kier molecular flexibility index (Phi) is 8.31. The number of benzene rings is 6. The topological polar surface area (TPSA) is 42.5 Å². The molecule has 4 heteroatoms. The first kappa shape index (κ1) is 31.8. The number of aromatic nitrogens is 3. The maximum atomic E-state index is 5.16. The largest absolute Gasteiger partial charge is 0.298 e. The summed E-state index contributed by atoms with van der Waals surface area (Å²) >= 11 is 0. The maximum Gasteiger partial charge on any atom is 0.137 e. The summed E-state index contributed by atoms with van der Waals surface area (Å²) in [6, 6.07) is 60.7. The molecule has 0 bridgehead atoms. The van der Waals surface area contributed by atoms with Crippen LogP contribution in [0.2, 0.25) is 0 Å². The highest BCUT2D eigenvalue weighted by Gasteiger charge is 2.16. The highest BCUT2D eigenvalue weighted by atomic mass is 15.0. The molecule has 0 aliphatic heterocycles. The summed E-state index contributed by atoms with van der Waals surface area (Å²) in [5, 5.41) is 1.05. The number of aliphatic imine (C=N–C) groups is 1. The number of hydrogen-bond donors (Lipinski definition) is 0. The second kappa shape index (κ2) is 13.9. The smallest absolute Gasteiger partial charge is 0.137 e. The minimum absolute atomic E-state index is 0.831. The first-order valence-corrected chi connectivity index (χ1v) is 17.7. The fraction of sp³-hybridized carbons (Fsp3) is 0. The SMILES string of the molecule is C=C(/C=C(\N=Cc1ccccc1)c1cccc(-c2ccc(-c3nc4ccccc4c4nc5ccccn5c34)cc2)c1)c1cccc(-c2ccccc2)c1. The van der Waals surface area contributed by atoms with Crippen LogP contribution in [-0.4, -0.2) is 20.6 Å². The van der Waals surface area contributed by atoms with Gasteiger partial charge in [0.05, 0.1) is 22.4 Å². The van der Waals surface area contributed by atoms with E-state index in [1.54, 1.807) is 0 Å². The Hall–Kier alpha value is -7.17. The summed E-state index contributed by atoms with van der Waals surface area (Å²) in [5.74, 6) is 0. The molecule has 3 heterocycles. The van der Waals surface area contributed by atoms with Crippen LogP contribution in [0.4, 0.5) is 0 Å². The molecule has 9 aromatic rings. The van der Waals surface area contributed by atoms with Crippen LogP contribution < -0.4 is 0 Å². The van der Waals surface area contributed by atoms with Crippen molar-refractivity contribution in [3.05, 3.63) is 211 Å². The predicted octanol–water partition coefficient (Wildman–Crippen LogP) is 12.2. The van der Waals surface area contributed by atoms with Crippen molar-refractivity contribution in [3.63, 3.8) is 0 Å². The fourth-order valence-corrected chi connectivity index (χ4v) is 6.89. The van der Waals surface area contributed by atoms with Crippen LogP contribution in [0.5, 0.6) is 0 Å². The van der Waals surface area contributed by atoms with Crippen molar-refractivity contribution in [2.75, 3.05) is 0 Å². The van der Waals surface area contributed by atoms with Crippen LogP contribution in [0.15, 0.2) is 200 Å². The number of hydrogen-bond acceptors (Lipinski definition) is 3. The number of nitrogens with zero attached hydrogens (tertiary/aromatic N) is 4. The van der Waals surface area contributed by atoms with E-state index in [1.165, 1.54) is 5.56 Å². The zero-order valence-corrected chi connectivity index (χ0v) is 29.0. The van der Waals surface area contributed by atoms with Crippen LogP contribution in [0.1, 0.15) is 16.7 Å². The van der Waals surface area contributed by atoms with Gasteiger partial charge in [0.1, 0.15) is 11.2 Å². The van der Waals surface area contributed by atoms with E-state index in [0.29, 0.717) is 0 Å². The van der Waals surface area contributed by atoms with E-state index in [2.05, 4.69) is 145 Å². The molecule has 0 unspecified atom stereocenters. The number of allylic oxidation sites excluding steroid dienone is 2. The molecule has 53 heavy (non-hydrogen) atoms. The van der Waals surface area contributed by atoms with E-state index < -0.39 is 0 Å². The number of pyridine rings is 2. The van der Waals surface area contributed by atoms with Crippen molar-refractivity contribution in [2.45, 2.75) is 0 Å². The first-order valence-electron chi connectivity index (χ1n) is 17.7. The van der Waals surface area contributed by atoms with Gasteiger partial charge < -0.3 is 0 Å². The second-order valence-electron chi connectivity index (χ2n) is 13.0. The van der Waals surface area contributed by atoms with Gasteiger partial charge in [-0.3, -0.25) is 9.39 Å². The zero-order valence-electron chi connectivity index (χ0n) is 29.0. The highest BCUT2D eigenvalue weighted by Crippen LogP contribution is 2.35. The van der Waals surface area contributed by atoms with Crippen molar-refractivity contribution in [1.29, 1.82) is 0 Å². The fourth-order valence-electron chi connectivity index (χ4n) is 6.89. The van der Waals surface area contributed by atoms with Gasteiger partial charge in [-0.2, -0.15) is 0 Å². The molecule has 0 aliphatic rings. The van der Waals surface area contributed by atoms with E-state index in [-0.39, 0.29) is 0 Å². The van der Waals surface area contributed by atoms with E-state index in [9.17, 15) is 0 Å². The van der Waals surface area contributed by atoms with Crippen LogP contribution >= 0.6 is 0 Å². The van der Waals surface area contributed by atoms with Crippen molar-refractivity contribution in [3.8, 4) is 33.5 Å². The molecular formula is C49H34N4. The summed E-state index contributed by atoms with van der Waals surface area (Å²) in [6.45, 7) is 4.49. The quantitative estimate of drug-likeness (QED) is 0.119. The Bertz CT molecular complexity index is 2830. The Morgan fingerprint density at radius 3 is 1.96 bits per heavy atom. The molecular weight excluding hydrogens is 645 g/mol. The molecule has 6 aromatic carbocycles. The molecule has 0 saturated carbocycles. The molecule has 0 saturated heterocycles. The predicted molar refractivity (Wildman–Crippen MR) is 222 cm³/mol. The van der Waals surface area contributed by atoms with Crippen LogP contribution in [0.25, 0.3) is 72.4 Å². The van der Waals surface area contributed by atoms with E-state index in [0.717, 1.165) is 83.5 Å². The summed E-state index contributed by atoms with van der Waals surface area (Å²) < 4.78 is 2.14. The van der Waals surface area contributed by atoms with Crippen LogP contribution in [0, 0.1) is 0 Å². The van der Waals surface area contributed by atoms with Gasteiger partial charge in [0, 0.05) is 28.9 Å². The van der Waals surface area contributed by atoms with Gasteiger partial charge >= 0.3 is 0 Å². The van der Waals surface area contributed by atoms with E-state index in [1.807, 2.05) is 60.8 Å². The average molecular weight is 679 g/mol. The number of fused-ring (bicyclic) bond motifs is 5. The molecule has 3 aromatic heterocycles. The lowest BCUT2D eigenvalue weighted by atomic mass is 9.97. The lowest BCUT2D eigenvalue weighted by Crippen LogP contribution is -1.92. The van der Waals surface area contributed by atoms with Gasteiger partial charge in [-0.1, -0.05) is 152 Å². The van der Waals surface area contributed by atoms with Crippen molar-refractivity contribution in [1.82, 2.24) is 14.4 Å². The molecule has 0 radical (unpaired) electrons. The average Bonchev–Trinajstić information content (AvgIpc) is 3.63. The van der Waals surface area contributed by atoms with Gasteiger partial charge in [-0.05, 0) is 75.4 Å². The molecule has 0 atom stereocenters. The normalized spacial score (nSPS) is 11.9. The van der Waals surface area contributed by atoms with Crippen molar-refractivity contribution in [2.24, 2.45) is 4.99 Å². The first-order chi connectivity index (χ1) is 26.2. The number of imidazole rings is 1. The zero-order chi connectivity index (χ0) is 35.6. The summed E-state index contributed by atoms with van der Waals surface area (Å²) in [6.07, 6.45) is 6.06. The van der Waals surface area contributed by atoms with Crippen LogP contribution in [0.3, 0.4) is 0 Å². The Balaban J connectivity index is 1.09. The number of rotatable bonds is 8. The molecule has 9 rings (SSSR count). The molecule has 250 valence electrons. The highest BCUT2D eigenvalue weighted by molar-refractivity contribution is 6.09. The van der Waals surface area contributed by atoms with E-state index >= 15 is 0 Å². The lowest BCUT2D eigenvalue weighted by Gasteiger charge is -2.11. The van der Waals surface area contributed by atoms with E-state index in [4.69, 9.17) is 15.0 Å². The molecule has 0 N–H and O–H groups in total. The van der Waals surface area contributed by atoms with Gasteiger partial charge in [0.25, 0.3) is 0 Å². The van der Waals surface area contributed by atoms with Gasteiger partial charge in [-0.25, -0.2) is 9.97 Å². The summed E-state index contributed by atoms with van der Waals surface area (Å²) in [7, 11) is 0. The third-order valence-corrected chi connectivity index (χ3v) is 9.60. The van der Waals surface area contributed by atoms with Crippen LogP contribution in [-0.2, 0) is 0 Å². The molecule has 0 amide bonds. The Labute approximate surface area is 308 Å². The molecule has 0 aliphatic carbocycles. The Morgan fingerprint density at radius 2 is 1.17 bits per heavy atom. The third kappa shape index (κ3) is 6.35. The van der Waals surface area contributed by atoms with Gasteiger partial charge in [-0.15, -0.1) is 0 Å². The molecule has 0 spiro atoms. The van der Waals surface area contributed by atoms with Crippen molar-refractivity contribution >= 4 is 45.1 Å². The number of para-hydroxylation sites is 1. The summed E-state index contributed by atoms with van der Waals surface area (Å²) in [5.41, 5.74) is 15.1. The minimum atomic E-state index is 0.831.